The number of hydrogen-bond acceptors (Lipinski definition) is 3. The van der Waals surface area contributed by atoms with E-state index in [0.29, 0.717) is 31.3 Å². The molecule has 0 amide bonds. The molecule has 0 aliphatic heterocycles. The van der Waals surface area contributed by atoms with Crippen LogP contribution in [0.3, 0.4) is 0 Å². The van der Waals surface area contributed by atoms with Crippen molar-refractivity contribution in [3.8, 4) is 17.6 Å². The van der Waals surface area contributed by atoms with Gasteiger partial charge in [0.15, 0.2) is 5.96 Å². The smallest absolute Gasteiger partial charge is 0.416 e. The molecule has 5 nitrogen and oxygen atoms in total. The summed E-state index contributed by atoms with van der Waals surface area (Å²) in [6.45, 7) is 3.73. The van der Waals surface area contributed by atoms with Crippen molar-refractivity contribution in [2.24, 2.45) is 4.99 Å². The van der Waals surface area contributed by atoms with E-state index in [1.165, 1.54) is 12.1 Å². The van der Waals surface area contributed by atoms with Gasteiger partial charge in [0.2, 0.25) is 0 Å². The van der Waals surface area contributed by atoms with Crippen LogP contribution in [0.25, 0.3) is 0 Å². The van der Waals surface area contributed by atoms with Crippen molar-refractivity contribution in [1.82, 2.24) is 10.6 Å². The van der Waals surface area contributed by atoms with Gasteiger partial charge in [-0.15, -0.1) is 0 Å². The minimum Gasteiger partial charge on any atom is -0.491 e. The molecule has 0 heterocycles. The standard InChI is InChI=1S/C23H26F3N3O2/c1-17-6-9-19(21(15-17)31-14-13-30-3)16-29-22(27-2)28-12-4-5-18-7-10-20(11-8-18)23(24,25)26/h6-11,15H,12-14,16H2,1-3H3,(H2,27,28,29). The molecule has 0 saturated heterocycles. The van der Waals surface area contributed by atoms with E-state index >= 15 is 0 Å². The first-order chi connectivity index (χ1) is 14.8. The molecule has 2 rings (SSSR count). The zero-order chi connectivity index (χ0) is 22.7. The molecule has 166 valence electrons. The van der Waals surface area contributed by atoms with Gasteiger partial charge in [0.05, 0.1) is 18.7 Å². The number of rotatable bonds is 7. The van der Waals surface area contributed by atoms with Crippen molar-refractivity contribution >= 4 is 5.96 Å². The second kappa shape index (κ2) is 11.9. The predicted molar refractivity (Wildman–Crippen MR) is 115 cm³/mol. The second-order valence-corrected chi connectivity index (χ2v) is 6.61. The summed E-state index contributed by atoms with van der Waals surface area (Å²) < 4.78 is 48.6. The van der Waals surface area contributed by atoms with Crippen molar-refractivity contribution in [1.29, 1.82) is 0 Å². The Morgan fingerprint density at radius 1 is 1.06 bits per heavy atom. The number of halogens is 3. The topological polar surface area (TPSA) is 54.9 Å². The van der Waals surface area contributed by atoms with Gasteiger partial charge in [-0.3, -0.25) is 4.99 Å². The maximum Gasteiger partial charge on any atom is 0.416 e. The van der Waals surface area contributed by atoms with E-state index in [4.69, 9.17) is 9.47 Å². The van der Waals surface area contributed by atoms with Gasteiger partial charge in [-0.05, 0) is 42.8 Å². The Labute approximate surface area is 180 Å². The number of hydrogen-bond donors (Lipinski definition) is 2. The fourth-order valence-electron chi connectivity index (χ4n) is 2.59. The molecule has 8 heteroatoms. The Hall–Kier alpha value is -3.18. The third-order valence-corrected chi connectivity index (χ3v) is 4.23. The summed E-state index contributed by atoms with van der Waals surface area (Å²) in [5.74, 6) is 7.03. The molecule has 0 bridgehead atoms. The average molecular weight is 433 g/mol. The minimum atomic E-state index is -4.35. The van der Waals surface area contributed by atoms with Crippen LogP contribution in [-0.4, -0.2) is 39.9 Å². The molecular weight excluding hydrogens is 407 g/mol. The third kappa shape index (κ3) is 8.22. The molecule has 2 aromatic carbocycles. The van der Waals surface area contributed by atoms with Gasteiger partial charge >= 0.3 is 6.18 Å². The van der Waals surface area contributed by atoms with E-state index in [1.807, 2.05) is 25.1 Å². The molecule has 31 heavy (non-hydrogen) atoms. The van der Waals surface area contributed by atoms with Crippen molar-refractivity contribution in [2.45, 2.75) is 19.6 Å². The molecule has 0 fully saturated rings. The highest BCUT2D eigenvalue weighted by Gasteiger charge is 2.29. The predicted octanol–water partition coefficient (Wildman–Crippen LogP) is 3.76. The number of aryl methyl sites for hydroxylation is 1. The SMILES string of the molecule is CN=C(NCC#Cc1ccc(C(F)(F)F)cc1)NCc1ccc(C)cc1OCCOC. The van der Waals surface area contributed by atoms with Crippen molar-refractivity contribution in [3.63, 3.8) is 0 Å². The summed E-state index contributed by atoms with van der Waals surface area (Å²) in [7, 11) is 3.27. The summed E-state index contributed by atoms with van der Waals surface area (Å²) in [6, 6.07) is 10.7. The first-order valence-corrected chi connectivity index (χ1v) is 9.65. The summed E-state index contributed by atoms with van der Waals surface area (Å²) >= 11 is 0. The lowest BCUT2D eigenvalue weighted by atomic mass is 10.1. The van der Waals surface area contributed by atoms with Crippen molar-refractivity contribution in [3.05, 3.63) is 64.7 Å². The molecule has 2 N–H and O–H groups in total. The molecular formula is C23H26F3N3O2. The van der Waals surface area contributed by atoms with Crippen LogP contribution in [0.4, 0.5) is 13.2 Å². The first-order valence-electron chi connectivity index (χ1n) is 9.65. The summed E-state index contributed by atoms with van der Waals surface area (Å²) in [5, 5.41) is 6.25. The highest BCUT2D eigenvalue weighted by Crippen LogP contribution is 2.28. The van der Waals surface area contributed by atoms with Crippen molar-refractivity contribution < 1.29 is 22.6 Å². The number of aliphatic imine (C=N–C) groups is 1. The van der Waals surface area contributed by atoms with E-state index < -0.39 is 11.7 Å². The van der Waals surface area contributed by atoms with Crippen LogP contribution in [0.2, 0.25) is 0 Å². The number of benzene rings is 2. The van der Waals surface area contributed by atoms with Gasteiger partial charge in [0.25, 0.3) is 0 Å². The average Bonchev–Trinajstić information content (AvgIpc) is 2.74. The number of nitrogens with zero attached hydrogens (tertiary/aromatic N) is 1. The third-order valence-electron chi connectivity index (χ3n) is 4.23. The van der Waals surface area contributed by atoms with Crippen LogP contribution in [0, 0.1) is 18.8 Å². The number of nitrogens with one attached hydrogen (secondary N) is 2. The van der Waals surface area contributed by atoms with E-state index in [0.717, 1.165) is 29.0 Å². The normalized spacial score (nSPS) is 11.5. The van der Waals surface area contributed by atoms with E-state index in [9.17, 15) is 13.2 Å². The van der Waals surface area contributed by atoms with Crippen LogP contribution in [-0.2, 0) is 17.5 Å². The molecule has 0 atom stereocenters. The van der Waals surface area contributed by atoms with Gasteiger partial charge in [-0.2, -0.15) is 13.2 Å². The Balaban J connectivity index is 1.88. The molecule has 2 aromatic rings. The summed E-state index contributed by atoms with van der Waals surface area (Å²) in [6.07, 6.45) is -4.35. The zero-order valence-electron chi connectivity index (χ0n) is 17.8. The van der Waals surface area contributed by atoms with Crippen LogP contribution < -0.4 is 15.4 Å². The van der Waals surface area contributed by atoms with Crippen LogP contribution >= 0.6 is 0 Å². The molecule has 0 unspecified atom stereocenters. The fraction of sp³-hybridized carbons (Fsp3) is 0.348. The quantitative estimate of drug-likeness (QED) is 0.302. The molecule has 0 aliphatic carbocycles. The minimum absolute atomic E-state index is 0.284. The zero-order valence-corrected chi connectivity index (χ0v) is 17.8. The van der Waals surface area contributed by atoms with Gasteiger partial charge < -0.3 is 20.1 Å². The lowest BCUT2D eigenvalue weighted by Gasteiger charge is -2.14. The summed E-state index contributed by atoms with van der Waals surface area (Å²) in [4.78, 5) is 4.15. The van der Waals surface area contributed by atoms with Gasteiger partial charge in [0, 0.05) is 31.8 Å². The van der Waals surface area contributed by atoms with E-state index in [1.54, 1.807) is 14.2 Å². The number of guanidine groups is 1. The highest BCUT2D eigenvalue weighted by atomic mass is 19.4. The number of ether oxygens (including phenoxy) is 2. The molecule has 0 saturated carbocycles. The Bertz CT molecular complexity index is 930. The molecule has 0 spiro atoms. The van der Waals surface area contributed by atoms with Crippen LogP contribution in [0.1, 0.15) is 22.3 Å². The maximum absolute atomic E-state index is 12.6. The second-order valence-electron chi connectivity index (χ2n) is 6.61. The largest absolute Gasteiger partial charge is 0.491 e. The Kier molecular flexibility index (Phi) is 9.22. The van der Waals surface area contributed by atoms with Crippen LogP contribution in [0.5, 0.6) is 5.75 Å². The van der Waals surface area contributed by atoms with Crippen molar-refractivity contribution in [2.75, 3.05) is 33.9 Å². The monoisotopic (exact) mass is 433 g/mol. The van der Waals surface area contributed by atoms with E-state index in [2.05, 4.69) is 27.5 Å². The Morgan fingerprint density at radius 2 is 1.81 bits per heavy atom. The van der Waals surface area contributed by atoms with Gasteiger partial charge in [0.1, 0.15) is 12.4 Å². The first kappa shape index (κ1) is 24.1. The highest BCUT2D eigenvalue weighted by molar-refractivity contribution is 5.80. The lowest BCUT2D eigenvalue weighted by Crippen LogP contribution is -2.37. The van der Waals surface area contributed by atoms with E-state index in [-0.39, 0.29) is 6.54 Å². The van der Waals surface area contributed by atoms with Gasteiger partial charge in [-0.25, -0.2) is 0 Å². The van der Waals surface area contributed by atoms with Crippen LogP contribution in [0.15, 0.2) is 47.5 Å². The van der Waals surface area contributed by atoms with Gasteiger partial charge in [-0.1, -0.05) is 24.0 Å². The fourth-order valence-corrected chi connectivity index (χ4v) is 2.59. The molecule has 0 radical (unpaired) electrons. The number of alkyl halides is 3. The molecule has 0 aliphatic rings. The number of methoxy groups -OCH3 is 1. The summed E-state index contributed by atoms with van der Waals surface area (Å²) in [5.41, 5.74) is 1.88. The maximum atomic E-state index is 12.6. The Morgan fingerprint density at radius 3 is 2.45 bits per heavy atom. The molecule has 0 aromatic heterocycles. The lowest BCUT2D eigenvalue weighted by molar-refractivity contribution is -0.137.